The summed E-state index contributed by atoms with van der Waals surface area (Å²) in [5.41, 5.74) is 3.67. The van der Waals surface area contributed by atoms with Gasteiger partial charge in [-0.15, -0.1) is 11.3 Å². The Bertz CT molecular complexity index is 1130. The number of H-pyrrole nitrogens is 1. The number of aryl methyl sites for hydroxylation is 1. The third kappa shape index (κ3) is 4.73. The minimum atomic E-state index is -0.151. The van der Waals surface area contributed by atoms with Crippen LogP contribution in [-0.4, -0.2) is 16.8 Å². The Balaban J connectivity index is 1.30. The van der Waals surface area contributed by atoms with Crippen molar-refractivity contribution in [3.63, 3.8) is 0 Å². The Labute approximate surface area is 172 Å². The molecule has 0 atom stereocenters. The maximum Gasteiger partial charge on any atom is 0.265 e. The maximum atomic E-state index is 12.3. The third-order valence-corrected chi connectivity index (χ3v) is 5.54. The summed E-state index contributed by atoms with van der Waals surface area (Å²) in [6, 6.07) is 19.0. The largest absolute Gasteiger partial charge is 0.361 e. The Morgan fingerprint density at radius 1 is 0.931 bits per heavy atom. The molecule has 2 heterocycles. The molecule has 3 N–H and O–H groups in total. The van der Waals surface area contributed by atoms with Crippen molar-refractivity contribution >= 4 is 45.4 Å². The highest BCUT2D eigenvalue weighted by Crippen LogP contribution is 2.20. The van der Waals surface area contributed by atoms with E-state index in [1.165, 1.54) is 22.3 Å². The summed E-state index contributed by atoms with van der Waals surface area (Å²) in [5.74, 6) is -0.186. The molecule has 146 valence electrons. The molecule has 0 aliphatic rings. The zero-order valence-electron chi connectivity index (χ0n) is 15.8. The summed E-state index contributed by atoms with van der Waals surface area (Å²) >= 11 is 1.39. The van der Waals surface area contributed by atoms with Gasteiger partial charge in [-0.2, -0.15) is 0 Å². The van der Waals surface area contributed by atoms with Crippen molar-refractivity contribution in [2.45, 2.75) is 19.3 Å². The van der Waals surface area contributed by atoms with E-state index in [0.29, 0.717) is 22.7 Å². The molecule has 2 aromatic carbocycles. The molecule has 2 aromatic heterocycles. The van der Waals surface area contributed by atoms with Crippen LogP contribution < -0.4 is 10.6 Å². The zero-order valence-corrected chi connectivity index (χ0v) is 16.6. The Morgan fingerprint density at radius 2 is 1.76 bits per heavy atom. The van der Waals surface area contributed by atoms with Crippen LogP contribution in [0, 0.1) is 0 Å². The van der Waals surface area contributed by atoms with Crippen LogP contribution >= 0.6 is 11.3 Å². The fourth-order valence-corrected chi connectivity index (χ4v) is 3.90. The smallest absolute Gasteiger partial charge is 0.265 e. The number of anilines is 2. The normalized spacial score (nSPS) is 10.8. The molecular formula is C23H21N3O2S. The number of carbonyl (C=O) groups is 2. The quantitative estimate of drug-likeness (QED) is 0.384. The first kappa shape index (κ1) is 19.0. The second-order valence-electron chi connectivity index (χ2n) is 6.77. The first-order valence-electron chi connectivity index (χ1n) is 9.49. The number of para-hydroxylation sites is 1. The average Bonchev–Trinajstić information content (AvgIpc) is 3.39. The first-order valence-corrected chi connectivity index (χ1v) is 10.4. The number of nitrogens with one attached hydrogen (secondary N) is 3. The monoisotopic (exact) mass is 403 g/mol. The zero-order chi connectivity index (χ0) is 20.1. The van der Waals surface area contributed by atoms with E-state index in [1.807, 2.05) is 41.9 Å². The highest BCUT2D eigenvalue weighted by atomic mass is 32.1. The molecule has 4 aromatic rings. The topological polar surface area (TPSA) is 74.0 Å². The van der Waals surface area contributed by atoms with E-state index < -0.39 is 0 Å². The lowest BCUT2D eigenvalue weighted by Gasteiger charge is -2.08. The van der Waals surface area contributed by atoms with Crippen molar-refractivity contribution in [1.29, 1.82) is 0 Å². The third-order valence-electron chi connectivity index (χ3n) is 4.67. The van der Waals surface area contributed by atoms with E-state index in [2.05, 4.69) is 27.8 Å². The Kier molecular flexibility index (Phi) is 5.72. The Hall–Kier alpha value is -3.38. The number of benzene rings is 2. The summed E-state index contributed by atoms with van der Waals surface area (Å²) in [7, 11) is 0. The highest BCUT2D eigenvalue weighted by Gasteiger charge is 2.09. The van der Waals surface area contributed by atoms with Crippen LogP contribution in [0.5, 0.6) is 0 Å². The molecule has 0 fully saturated rings. The molecule has 0 bridgehead atoms. The molecule has 0 unspecified atom stereocenters. The number of hydrogen-bond donors (Lipinski definition) is 3. The number of thiophene rings is 1. The lowest BCUT2D eigenvalue weighted by molar-refractivity contribution is -0.116. The van der Waals surface area contributed by atoms with Gasteiger partial charge in [0.15, 0.2) is 0 Å². The number of aromatic amines is 1. The molecule has 2 amide bonds. The fourth-order valence-electron chi connectivity index (χ4n) is 3.28. The molecule has 5 nitrogen and oxygen atoms in total. The first-order chi connectivity index (χ1) is 14.2. The molecule has 0 saturated carbocycles. The van der Waals surface area contributed by atoms with Crippen LogP contribution in [0.25, 0.3) is 10.9 Å². The predicted molar refractivity (Wildman–Crippen MR) is 119 cm³/mol. The van der Waals surface area contributed by atoms with Crippen LogP contribution in [0.4, 0.5) is 11.4 Å². The molecule has 0 aliphatic heterocycles. The van der Waals surface area contributed by atoms with Crippen molar-refractivity contribution < 1.29 is 9.59 Å². The van der Waals surface area contributed by atoms with E-state index in [0.717, 1.165) is 18.4 Å². The molecule has 0 saturated heterocycles. The van der Waals surface area contributed by atoms with Gasteiger partial charge < -0.3 is 15.6 Å². The van der Waals surface area contributed by atoms with Crippen molar-refractivity contribution in [2.24, 2.45) is 0 Å². The second-order valence-corrected chi connectivity index (χ2v) is 7.72. The summed E-state index contributed by atoms with van der Waals surface area (Å²) in [5, 5.41) is 8.84. The second kappa shape index (κ2) is 8.75. The van der Waals surface area contributed by atoms with E-state index in [1.54, 1.807) is 18.2 Å². The van der Waals surface area contributed by atoms with Gasteiger partial charge in [0.2, 0.25) is 5.91 Å². The minimum absolute atomic E-state index is 0.0356. The van der Waals surface area contributed by atoms with Gasteiger partial charge in [0.05, 0.1) is 4.88 Å². The van der Waals surface area contributed by atoms with Crippen LogP contribution in [0.1, 0.15) is 28.1 Å². The Morgan fingerprint density at radius 3 is 2.59 bits per heavy atom. The van der Waals surface area contributed by atoms with E-state index in [9.17, 15) is 9.59 Å². The van der Waals surface area contributed by atoms with Gasteiger partial charge in [-0.3, -0.25) is 9.59 Å². The predicted octanol–water partition coefficient (Wildman–Crippen LogP) is 5.44. The lowest BCUT2D eigenvalue weighted by Crippen LogP contribution is -2.13. The van der Waals surface area contributed by atoms with Crippen molar-refractivity contribution in [2.75, 3.05) is 10.6 Å². The number of amides is 2. The molecule has 29 heavy (non-hydrogen) atoms. The van der Waals surface area contributed by atoms with Crippen molar-refractivity contribution in [3.05, 3.63) is 82.7 Å². The number of aromatic nitrogens is 1. The van der Waals surface area contributed by atoms with Gasteiger partial charge in [-0.1, -0.05) is 30.3 Å². The van der Waals surface area contributed by atoms with Gasteiger partial charge >= 0.3 is 0 Å². The minimum Gasteiger partial charge on any atom is -0.361 e. The van der Waals surface area contributed by atoms with Gasteiger partial charge in [0.1, 0.15) is 0 Å². The number of hydrogen-bond acceptors (Lipinski definition) is 3. The van der Waals surface area contributed by atoms with Gasteiger partial charge in [-0.05, 0) is 54.1 Å². The number of fused-ring (bicyclic) bond motifs is 1. The molecule has 4 rings (SSSR count). The van der Waals surface area contributed by atoms with E-state index in [4.69, 9.17) is 0 Å². The van der Waals surface area contributed by atoms with Gasteiger partial charge in [0.25, 0.3) is 5.91 Å². The summed E-state index contributed by atoms with van der Waals surface area (Å²) in [4.78, 5) is 28.4. The van der Waals surface area contributed by atoms with Crippen LogP contribution in [0.15, 0.2) is 72.2 Å². The molecule has 6 heteroatoms. The van der Waals surface area contributed by atoms with E-state index in [-0.39, 0.29) is 11.8 Å². The molecular weight excluding hydrogens is 382 g/mol. The molecule has 0 radical (unpaired) electrons. The summed E-state index contributed by atoms with van der Waals surface area (Å²) < 4.78 is 0. The highest BCUT2D eigenvalue weighted by molar-refractivity contribution is 7.12. The van der Waals surface area contributed by atoms with Crippen molar-refractivity contribution in [3.8, 4) is 0 Å². The van der Waals surface area contributed by atoms with Gasteiger partial charge in [0, 0.05) is 34.9 Å². The van der Waals surface area contributed by atoms with Crippen LogP contribution in [-0.2, 0) is 11.2 Å². The molecule has 0 aliphatic carbocycles. The number of carbonyl (C=O) groups excluding carboxylic acids is 2. The van der Waals surface area contributed by atoms with E-state index >= 15 is 0 Å². The lowest BCUT2D eigenvalue weighted by atomic mass is 10.1. The van der Waals surface area contributed by atoms with Crippen LogP contribution in [0.2, 0.25) is 0 Å². The van der Waals surface area contributed by atoms with Crippen molar-refractivity contribution in [1.82, 2.24) is 4.98 Å². The summed E-state index contributed by atoms with van der Waals surface area (Å²) in [6.45, 7) is 0. The van der Waals surface area contributed by atoms with Crippen LogP contribution in [0.3, 0.4) is 0 Å². The summed E-state index contributed by atoms with van der Waals surface area (Å²) in [6.07, 6.45) is 4.06. The number of rotatable bonds is 7. The SMILES string of the molecule is O=C(CCCc1c[nH]c2ccccc12)Nc1cccc(NC(=O)c2cccs2)c1. The maximum absolute atomic E-state index is 12.3. The molecule has 0 spiro atoms. The average molecular weight is 404 g/mol. The standard InChI is InChI=1S/C23H21N3O2S/c27-22(12-3-6-16-15-24-20-10-2-1-9-19(16)20)25-17-7-4-8-18(14-17)26-23(28)21-11-5-13-29-21/h1-2,4-5,7-11,13-15,24H,3,6,12H2,(H,25,27)(H,26,28). The van der Waals surface area contributed by atoms with Gasteiger partial charge in [-0.25, -0.2) is 0 Å². The fraction of sp³-hybridized carbons (Fsp3) is 0.130.